The summed E-state index contributed by atoms with van der Waals surface area (Å²) in [6.07, 6.45) is 1.51. The molecule has 0 aliphatic carbocycles. The van der Waals surface area contributed by atoms with E-state index < -0.39 is 10.8 Å². The second kappa shape index (κ2) is 7.70. The Labute approximate surface area is 144 Å². The number of hydrogen-bond acceptors (Lipinski definition) is 4. The molecule has 0 unspecified atom stereocenters. The van der Waals surface area contributed by atoms with Crippen molar-refractivity contribution in [3.63, 3.8) is 0 Å². The van der Waals surface area contributed by atoms with Crippen LogP contribution in [0.5, 0.6) is 0 Å². The molecule has 7 heteroatoms. The Bertz CT molecular complexity index is 786. The molecular weight excluding hydrogens is 330 g/mol. The minimum atomic E-state index is -0.640. The van der Waals surface area contributed by atoms with Crippen molar-refractivity contribution in [1.82, 2.24) is 5.43 Å². The number of nitrogens with zero attached hydrogens (tertiary/aromatic N) is 2. The zero-order valence-corrected chi connectivity index (χ0v) is 13.9. The van der Waals surface area contributed by atoms with Crippen LogP contribution in [0.2, 0.25) is 5.02 Å². The van der Waals surface area contributed by atoms with Gasteiger partial charge in [-0.1, -0.05) is 49.7 Å². The van der Waals surface area contributed by atoms with Crippen LogP contribution >= 0.6 is 11.6 Å². The predicted molar refractivity (Wildman–Crippen MR) is 93.7 cm³/mol. The van der Waals surface area contributed by atoms with Gasteiger partial charge in [-0.05, 0) is 29.2 Å². The first-order chi connectivity index (χ1) is 11.4. The van der Waals surface area contributed by atoms with Gasteiger partial charge < -0.3 is 0 Å². The third-order valence-corrected chi connectivity index (χ3v) is 3.71. The Balaban J connectivity index is 2.05. The number of hydrogen-bond donors (Lipinski definition) is 1. The minimum Gasteiger partial charge on any atom is -0.267 e. The van der Waals surface area contributed by atoms with Crippen molar-refractivity contribution >= 4 is 29.4 Å². The summed E-state index contributed by atoms with van der Waals surface area (Å²) in [5.74, 6) is -0.110. The second-order valence-corrected chi connectivity index (χ2v) is 5.85. The molecule has 0 saturated carbocycles. The van der Waals surface area contributed by atoms with Crippen molar-refractivity contribution in [2.75, 3.05) is 0 Å². The number of carbonyl (C=O) groups excluding carboxylic acids is 1. The van der Waals surface area contributed by atoms with E-state index in [-0.39, 0.29) is 16.3 Å². The molecule has 1 N–H and O–H groups in total. The number of benzene rings is 2. The Morgan fingerprint density at radius 1 is 1.25 bits per heavy atom. The first-order valence-corrected chi connectivity index (χ1v) is 7.63. The van der Waals surface area contributed by atoms with E-state index in [0.717, 1.165) is 11.6 Å². The highest BCUT2D eigenvalue weighted by atomic mass is 35.5. The standard InChI is InChI=1S/C17H16ClN3O3/c1-11(2)13-5-3-12(4-6-13)10-19-20-17(22)14-7-8-15(18)16(9-14)21(23)24/h3-11H,1-2H3,(H,20,22)/b19-10+. The molecule has 0 atom stereocenters. The maximum Gasteiger partial charge on any atom is 0.288 e. The van der Waals surface area contributed by atoms with Crippen molar-refractivity contribution in [3.8, 4) is 0 Å². The molecule has 2 aromatic rings. The van der Waals surface area contributed by atoms with Crippen molar-refractivity contribution in [3.05, 3.63) is 74.3 Å². The van der Waals surface area contributed by atoms with E-state index in [4.69, 9.17) is 11.6 Å². The molecule has 0 radical (unpaired) electrons. The van der Waals surface area contributed by atoms with E-state index in [2.05, 4.69) is 24.4 Å². The van der Waals surface area contributed by atoms with Gasteiger partial charge in [-0.3, -0.25) is 14.9 Å². The SMILES string of the molecule is CC(C)c1ccc(/C=N/NC(=O)c2ccc(Cl)c([N+](=O)[O-])c2)cc1. The van der Waals surface area contributed by atoms with Gasteiger partial charge in [-0.25, -0.2) is 5.43 Å². The predicted octanol–water partition coefficient (Wildman–Crippen LogP) is 4.14. The van der Waals surface area contributed by atoms with Crippen LogP contribution in [-0.4, -0.2) is 17.0 Å². The molecule has 0 aliphatic heterocycles. The second-order valence-electron chi connectivity index (χ2n) is 5.44. The summed E-state index contributed by atoms with van der Waals surface area (Å²) in [4.78, 5) is 22.2. The highest BCUT2D eigenvalue weighted by Crippen LogP contribution is 2.24. The van der Waals surface area contributed by atoms with Gasteiger partial charge in [0.2, 0.25) is 0 Å². The number of carbonyl (C=O) groups is 1. The summed E-state index contributed by atoms with van der Waals surface area (Å²) in [5.41, 5.74) is 4.17. The smallest absolute Gasteiger partial charge is 0.267 e. The molecule has 0 saturated heterocycles. The Hall–Kier alpha value is -2.73. The molecule has 0 heterocycles. The number of nitrogens with one attached hydrogen (secondary N) is 1. The third kappa shape index (κ3) is 4.39. The molecule has 0 aliphatic rings. The minimum absolute atomic E-state index is 0.0229. The van der Waals surface area contributed by atoms with Crippen LogP contribution in [-0.2, 0) is 0 Å². The molecule has 1 amide bonds. The van der Waals surface area contributed by atoms with Gasteiger partial charge in [0.25, 0.3) is 11.6 Å². The van der Waals surface area contributed by atoms with Crippen LogP contribution in [0.4, 0.5) is 5.69 Å². The van der Waals surface area contributed by atoms with Crippen LogP contribution in [0.3, 0.4) is 0 Å². The lowest BCUT2D eigenvalue weighted by atomic mass is 10.0. The Morgan fingerprint density at radius 2 is 1.92 bits per heavy atom. The Kier molecular flexibility index (Phi) is 5.65. The molecule has 0 bridgehead atoms. The molecular formula is C17H16ClN3O3. The summed E-state index contributed by atoms with van der Waals surface area (Å²) < 4.78 is 0. The van der Waals surface area contributed by atoms with Crippen LogP contribution in [0.1, 0.15) is 41.3 Å². The number of rotatable bonds is 5. The van der Waals surface area contributed by atoms with E-state index in [9.17, 15) is 14.9 Å². The quantitative estimate of drug-likeness (QED) is 0.502. The van der Waals surface area contributed by atoms with Gasteiger partial charge in [-0.15, -0.1) is 0 Å². The molecule has 124 valence electrons. The van der Waals surface area contributed by atoms with Crippen LogP contribution in [0, 0.1) is 10.1 Å². The highest BCUT2D eigenvalue weighted by Gasteiger charge is 2.15. The van der Waals surface area contributed by atoms with Crippen molar-refractivity contribution in [2.45, 2.75) is 19.8 Å². The summed E-state index contributed by atoms with van der Waals surface area (Å²) in [5, 5.41) is 14.7. The van der Waals surface area contributed by atoms with Gasteiger partial charge in [0, 0.05) is 11.6 Å². The zero-order valence-electron chi connectivity index (χ0n) is 13.2. The fraction of sp³-hybridized carbons (Fsp3) is 0.176. The van der Waals surface area contributed by atoms with E-state index in [0.29, 0.717) is 5.92 Å². The molecule has 6 nitrogen and oxygen atoms in total. The summed E-state index contributed by atoms with van der Waals surface area (Å²) in [6.45, 7) is 4.21. The molecule has 2 aromatic carbocycles. The molecule has 0 spiro atoms. The topological polar surface area (TPSA) is 84.6 Å². The zero-order chi connectivity index (χ0) is 17.7. The number of nitro groups is 1. The van der Waals surface area contributed by atoms with E-state index in [1.54, 1.807) is 0 Å². The number of halogens is 1. The van der Waals surface area contributed by atoms with Crippen molar-refractivity contribution in [2.24, 2.45) is 5.10 Å². The molecule has 24 heavy (non-hydrogen) atoms. The van der Waals surface area contributed by atoms with Gasteiger partial charge in [-0.2, -0.15) is 5.10 Å². The molecule has 0 aromatic heterocycles. The summed E-state index contributed by atoms with van der Waals surface area (Å²) >= 11 is 5.71. The fourth-order valence-corrected chi connectivity index (χ4v) is 2.18. The highest BCUT2D eigenvalue weighted by molar-refractivity contribution is 6.32. The fourth-order valence-electron chi connectivity index (χ4n) is 1.99. The molecule has 0 fully saturated rings. The first kappa shape index (κ1) is 17.6. The van der Waals surface area contributed by atoms with Gasteiger partial charge in [0.05, 0.1) is 11.1 Å². The number of hydrazone groups is 1. The average Bonchev–Trinajstić information content (AvgIpc) is 2.55. The summed E-state index contributed by atoms with van der Waals surface area (Å²) in [7, 11) is 0. The number of amides is 1. The van der Waals surface area contributed by atoms with Crippen molar-refractivity contribution < 1.29 is 9.72 Å². The molecule has 2 rings (SSSR count). The van der Waals surface area contributed by atoms with E-state index in [1.807, 2.05) is 24.3 Å². The maximum absolute atomic E-state index is 12.0. The lowest BCUT2D eigenvalue weighted by molar-refractivity contribution is -0.384. The first-order valence-electron chi connectivity index (χ1n) is 7.26. The Morgan fingerprint density at radius 3 is 2.50 bits per heavy atom. The maximum atomic E-state index is 12.0. The average molecular weight is 346 g/mol. The van der Waals surface area contributed by atoms with E-state index in [1.165, 1.54) is 23.9 Å². The number of nitro benzene ring substituents is 1. The monoisotopic (exact) mass is 345 g/mol. The third-order valence-electron chi connectivity index (χ3n) is 3.39. The van der Waals surface area contributed by atoms with E-state index >= 15 is 0 Å². The van der Waals surface area contributed by atoms with Gasteiger partial charge in [0.15, 0.2) is 0 Å². The lowest BCUT2D eigenvalue weighted by Gasteiger charge is -2.04. The lowest BCUT2D eigenvalue weighted by Crippen LogP contribution is -2.17. The van der Waals surface area contributed by atoms with Gasteiger partial charge >= 0.3 is 0 Å². The van der Waals surface area contributed by atoms with Crippen LogP contribution in [0.15, 0.2) is 47.6 Å². The van der Waals surface area contributed by atoms with Crippen molar-refractivity contribution in [1.29, 1.82) is 0 Å². The normalized spacial score (nSPS) is 11.0. The van der Waals surface area contributed by atoms with Crippen LogP contribution < -0.4 is 5.43 Å². The van der Waals surface area contributed by atoms with Gasteiger partial charge in [0.1, 0.15) is 5.02 Å². The summed E-state index contributed by atoms with van der Waals surface area (Å²) in [6, 6.07) is 11.6. The van der Waals surface area contributed by atoms with Crippen LogP contribution in [0.25, 0.3) is 0 Å². The largest absolute Gasteiger partial charge is 0.288 e.